The van der Waals surface area contributed by atoms with Crippen LogP contribution in [0.3, 0.4) is 0 Å². The van der Waals surface area contributed by atoms with E-state index in [2.05, 4.69) is 0 Å². The van der Waals surface area contributed by atoms with E-state index >= 15 is 0 Å². The van der Waals surface area contributed by atoms with Gasteiger partial charge < -0.3 is 10.0 Å². The van der Waals surface area contributed by atoms with Crippen molar-refractivity contribution in [2.75, 3.05) is 27.2 Å². The molecule has 17 heavy (non-hydrogen) atoms. The molecular formula is C10H20N2O4S. The van der Waals surface area contributed by atoms with Gasteiger partial charge in [0.05, 0.1) is 0 Å². The summed E-state index contributed by atoms with van der Waals surface area (Å²) in [5, 5.41) is 7.42. The molecule has 1 heterocycles. The molecule has 0 spiro atoms. The number of carbonyl (C=O) groups is 1. The van der Waals surface area contributed by atoms with Gasteiger partial charge in [-0.15, -0.1) is 0 Å². The topological polar surface area (TPSA) is 77.9 Å². The molecule has 1 N–H and O–H groups in total. The van der Waals surface area contributed by atoms with Crippen LogP contribution in [0.1, 0.15) is 13.8 Å². The average molecular weight is 264 g/mol. The highest BCUT2D eigenvalue weighted by molar-refractivity contribution is 7.90. The molecule has 6 nitrogen and oxygen atoms in total. The van der Waals surface area contributed by atoms with Crippen LogP contribution in [-0.2, 0) is 14.8 Å². The van der Waals surface area contributed by atoms with Crippen molar-refractivity contribution < 1.29 is 18.3 Å². The maximum atomic E-state index is 12.0. The number of sulfonamides is 1. The summed E-state index contributed by atoms with van der Waals surface area (Å²) in [6.45, 7) is 3.95. The van der Waals surface area contributed by atoms with E-state index in [1.54, 1.807) is 0 Å². The summed E-state index contributed by atoms with van der Waals surface area (Å²) in [7, 11) is 0.0712. The number of likely N-dealkylation sites (N-methyl/N-ethyl adjacent to an activating group) is 1. The molecule has 3 atom stereocenters. The van der Waals surface area contributed by atoms with Gasteiger partial charge in [-0.25, -0.2) is 8.42 Å². The Morgan fingerprint density at radius 1 is 1.41 bits per heavy atom. The highest BCUT2D eigenvalue weighted by atomic mass is 32.2. The van der Waals surface area contributed by atoms with Crippen molar-refractivity contribution in [3.05, 3.63) is 0 Å². The first-order valence-electron chi connectivity index (χ1n) is 5.56. The lowest BCUT2D eigenvalue weighted by atomic mass is 10.1. The smallest absolute Gasteiger partial charge is 0.323 e. The molecule has 1 fully saturated rings. The first kappa shape index (κ1) is 14.4. The predicted octanol–water partition coefficient (Wildman–Crippen LogP) is -0.329. The van der Waals surface area contributed by atoms with E-state index in [1.807, 2.05) is 25.9 Å². The molecule has 0 bridgehead atoms. The van der Waals surface area contributed by atoms with Crippen LogP contribution in [0.4, 0.5) is 0 Å². The van der Waals surface area contributed by atoms with Gasteiger partial charge in [-0.1, -0.05) is 6.92 Å². The molecule has 0 aliphatic carbocycles. The van der Waals surface area contributed by atoms with Crippen molar-refractivity contribution in [2.45, 2.75) is 25.1 Å². The largest absolute Gasteiger partial charge is 0.480 e. The van der Waals surface area contributed by atoms with Gasteiger partial charge in [0.1, 0.15) is 0 Å². The number of carboxylic acid groups (broad SMARTS) is 1. The van der Waals surface area contributed by atoms with Crippen LogP contribution in [0.5, 0.6) is 0 Å². The Morgan fingerprint density at radius 3 is 2.29 bits per heavy atom. The van der Waals surface area contributed by atoms with Gasteiger partial charge in [0.25, 0.3) is 0 Å². The molecule has 0 saturated carbocycles. The number of carboxylic acids is 1. The number of hydrogen-bond acceptors (Lipinski definition) is 4. The lowest BCUT2D eigenvalue weighted by Crippen LogP contribution is -2.41. The Balaban J connectivity index is 2.87. The minimum absolute atomic E-state index is 0.144. The van der Waals surface area contributed by atoms with Crippen molar-refractivity contribution in [1.29, 1.82) is 0 Å². The number of rotatable bonds is 4. The summed E-state index contributed by atoms with van der Waals surface area (Å²) >= 11 is 0. The van der Waals surface area contributed by atoms with E-state index in [0.717, 1.165) is 0 Å². The summed E-state index contributed by atoms with van der Waals surface area (Å²) in [5.41, 5.74) is 0. The normalized spacial score (nSPS) is 28.5. The summed E-state index contributed by atoms with van der Waals surface area (Å²) in [6, 6.07) is 0.144. The third-order valence-electron chi connectivity index (χ3n) is 3.36. The second-order valence-corrected chi connectivity index (χ2v) is 7.10. The SMILES string of the molecule is CC1CN(S(=O)(=O)C(C)C(=O)O)CC1N(C)C. The van der Waals surface area contributed by atoms with Crippen molar-refractivity contribution in [2.24, 2.45) is 5.92 Å². The van der Waals surface area contributed by atoms with Crippen LogP contribution in [-0.4, -0.2) is 67.2 Å². The molecule has 100 valence electrons. The minimum atomic E-state index is -3.73. The zero-order valence-electron chi connectivity index (χ0n) is 10.6. The second kappa shape index (κ2) is 4.91. The van der Waals surface area contributed by atoms with Crippen molar-refractivity contribution >= 4 is 16.0 Å². The molecule has 0 aromatic heterocycles. The molecule has 1 saturated heterocycles. The van der Waals surface area contributed by atoms with E-state index in [1.165, 1.54) is 11.2 Å². The fraction of sp³-hybridized carbons (Fsp3) is 0.900. The fourth-order valence-electron chi connectivity index (χ4n) is 2.14. The lowest BCUT2D eigenvalue weighted by Gasteiger charge is -2.23. The highest BCUT2D eigenvalue weighted by Gasteiger charge is 2.41. The van der Waals surface area contributed by atoms with Gasteiger partial charge in [0.15, 0.2) is 5.25 Å². The van der Waals surface area contributed by atoms with Gasteiger partial charge in [0, 0.05) is 19.1 Å². The van der Waals surface area contributed by atoms with Crippen molar-refractivity contribution in [1.82, 2.24) is 9.21 Å². The first-order valence-corrected chi connectivity index (χ1v) is 7.06. The van der Waals surface area contributed by atoms with Crippen molar-refractivity contribution in [3.8, 4) is 0 Å². The Labute approximate surface area is 102 Å². The van der Waals surface area contributed by atoms with Gasteiger partial charge >= 0.3 is 5.97 Å². The van der Waals surface area contributed by atoms with E-state index < -0.39 is 21.2 Å². The third kappa shape index (κ3) is 2.78. The number of hydrogen-bond donors (Lipinski definition) is 1. The molecule has 0 radical (unpaired) electrons. The van der Waals surface area contributed by atoms with Crippen LogP contribution in [0.25, 0.3) is 0 Å². The van der Waals surface area contributed by atoms with Gasteiger partial charge in [-0.05, 0) is 26.9 Å². The molecule has 7 heteroatoms. The van der Waals surface area contributed by atoms with E-state index in [9.17, 15) is 13.2 Å². The average Bonchev–Trinajstić information content (AvgIpc) is 2.59. The summed E-state index contributed by atoms with van der Waals surface area (Å²) < 4.78 is 25.3. The molecule has 0 amide bonds. The predicted molar refractivity (Wildman–Crippen MR) is 64.2 cm³/mol. The van der Waals surface area contributed by atoms with E-state index in [-0.39, 0.29) is 12.0 Å². The summed E-state index contributed by atoms with van der Waals surface area (Å²) in [5.74, 6) is -1.09. The molecule has 0 aromatic rings. The van der Waals surface area contributed by atoms with E-state index in [4.69, 9.17) is 5.11 Å². The Bertz CT molecular complexity index is 393. The van der Waals surface area contributed by atoms with Crippen LogP contribution >= 0.6 is 0 Å². The molecule has 1 aliphatic heterocycles. The van der Waals surface area contributed by atoms with Crippen LogP contribution < -0.4 is 0 Å². The van der Waals surface area contributed by atoms with Crippen LogP contribution in [0.2, 0.25) is 0 Å². The number of nitrogens with zero attached hydrogens (tertiary/aromatic N) is 2. The zero-order chi connectivity index (χ0) is 13.4. The van der Waals surface area contributed by atoms with Gasteiger partial charge in [-0.3, -0.25) is 4.79 Å². The quantitative estimate of drug-likeness (QED) is 0.752. The third-order valence-corrected chi connectivity index (χ3v) is 5.47. The maximum absolute atomic E-state index is 12.0. The monoisotopic (exact) mass is 264 g/mol. The first-order chi connectivity index (χ1) is 7.67. The summed E-state index contributed by atoms with van der Waals surface area (Å²) in [4.78, 5) is 12.8. The van der Waals surface area contributed by atoms with Crippen LogP contribution in [0.15, 0.2) is 0 Å². The lowest BCUT2D eigenvalue weighted by molar-refractivity contribution is -0.136. The summed E-state index contributed by atoms with van der Waals surface area (Å²) in [6.07, 6.45) is 0. The Morgan fingerprint density at radius 2 is 1.94 bits per heavy atom. The van der Waals surface area contributed by atoms with Crippen molar-refractivity contribution in [3.63, 3.8) is 0 Å². The maximum Gasteiger partial charge on any atom is 0.323 e. The van der Waals surface area contributed by atoms with Gasteiger partial charge in [0.2, 0.25) is 10.0 Å². The minimum Gasteiger partial charge on any atom is -0.480 e. The van der Waals surface area contributed by atoms with Crippen LogP contribution in [0, 0.1) is 5.92 Å². The zero-order valence-corrected chi connectivity index (χ0v) is 11.4. The molecular weight excluding hydrogens is 244 g/mol. The Hall–Kier alpha value is -0.660. The molecule has 3 unspecified atom stereocenters. The highest BCUT2D eigenvalue weighted by Crippen LogP contribution is 2.24. The molecule has 1 rings (SSSR count). The van der Waals surface area contributed by atoms with E-state index in [0.29, 0.717) is 13.1 Å². The van der Waals surface area contributed by atoms with Gasteiger partial charge in [-0.2, -0.15) is 4.31 Å². The fourth-order valence-corrected chi connectivity index (χ4v) is 3.64. The molecule has 0 aromatic carbocycles. The second-order valence-electron chi connectivity index (χ2n) is 4.85. The molecule has 1 aliphatic rings. The Kier molecular flexibility index (Phi) is 4.16. The number of aliphatic carboxylic acids is 1. The standard InChI is InChI=1S/C10H20N2O4S/c1-7-5-12(6-9(7)11(3)4)17(15,16)8(2)10(13)14/h7-9H,5-6H2,1-4H3,(H,13,14).